The standard InChI is InChI=1S/C19H14O/c1-2-6-15-12-19-16(11-14(15)5-1)7-3-9-18(19)17-8-4-10-20-13-17/h1-12H,13H2. The first-order valence-electron chi connectivity index (χ1n) is 6.81. The molecule has 1 aliphatic heterocycles. The summed E-state index contributed by atoms with van der Waals surface area (Å²) in [4.78, 5) is 0. The molecule has 0 spiro atoms. The second kappa shape index (κ2) is 4.53. The van der Waals surface area contributed by atoms with Crippen LogP contribution in [-0.2, 0) is 4.74 Å². The third-order valence-electron chi connectivity index (χ3n) is 3.80. The normalized spacial score (nSPS) is 14.3. The van der Waals surface area contributed by atoms with Gasteiger partial charge in [0.05, 0.1) is 6.26 Å². The monoisotopic (exact) mass is 258 g/mol. The quantitative estimate of drug-likeness (QED) is 0.563. The molecule has 0 aromatic heterocycles. The molecule has 1 nitrogen and oxygen atoms in total. The minimum absolute atomic E-state index is 0.641. The van der Waals surface area contributed by atoms with Gasteiger partial charge in [-0.05, 0) is 50.9 Å². The van der Waals surface area contributed by atoms with E-state index in [1.165, 1.54) is 32.7 Å². The van der Waals surface area contributed by atoms with Gasteiger partial charge in [-0.3, -0.25) is 0 Å². The Hall–Kier alpha value is -2.54. The summed E-state index contributed by atoms with van der Waals surface area (Å²) in [5, 5.41) is 5.12. The Balaban J connectivity index is 2.04. The van der Waals surface area contributed by atoms with Crippen LogP contribution in [0.15, 0.2) is 73.0 Å². The fraction of sp³-hybridized carbons (Fsp3) is 0.0526. The lowest BCUT2D eigenvalue weighted by Crippen LogP contribution is -1.97. The maximum atomic E-state index is 5.42. The molecule has 0 atom stereocenters. The predicted octanol–water partition coefficient (Wildman–Crippen LogP) is 4.92. The third kappa shape index (κ3) is 1.79. The van der Waals surface area contributed by atoms with E-state index in [0.717, 1.165) is 0 Å². The lowest BCUT2D eigenvalue weighted by Gasteiger charge is -2.13. The van der Waals surface area contributed by atoms with E-state index in [4.69, 9.17) is 4.74 Å². The van der Waals surface area contributed by atoms with E-state index in [2.05, 4.69) is 60.7 Å². The molecule has 0 amide bonds. The number of benzene rings is 3. The third-order valence-corrected chi connectivity index (χ3v) is 3.80. The maximum Gasteiger partial charge on any atom is 0.113 e. The summed E-state index contributed by atoms with van der Waals surface area (Å²) < 4.78 is 5.42. The summed E-state index contributed by atoms with van der Waals surface area (Å²) in [6.45, 7) is 0.641. The van der Waals surface area contributed by atoms with E-state index in [1.54, 1.807) is 6.26 Å². The Morgan fingerprint density at radius 1 is 0.800 bits per heavy atom. The van der Waals surface area contributed by atoms with Crippen LogP contribution in [0, 0.1) is 0 Å². The van der Waals surface area contributed by atoms with Crippen molar-refractivity contribution in [3.8, 4) is 0 Å². The number of ether oxygens (including phenoxy) is 1. The van der Waals surface area contributed by atoms with E-state index in [1.807, 2.05) is 6.08 Å². The number of hydrogen-bond acceptors (Lipinski definition) is 1. The van der Waals surface area contributed by atoms with Crippen LogP contribution in [0.2, 0.25) is 0 Å². The topological polar surface area (TPSA) is 9.23 Å². The van der Waals surface area contributed by atoms with Crippen molar-refractivity contribution in [2.24, 2.45) is 0 Å². The SMILES string of the molecule is C1=COCC(c2cccc3cc4ccccc4cc23)=C1. The highest BCUT2D eigenvalue weighted by Gasteiger charge is 2.09. The molecule has 3 aromatic carbocycles. The Labute approximate surface area is 117 Å². The summed E-state index contributed by atoms with van der Waals surface area (Å²) in [5.74, 6) is 0. The van der Waals surface area contributed by atoms with Crippen LogP contribution in [0.25, 0.3) is 27.1 Å². The van der Waals surface area contributed by atoms with Crippen molar-refractivity contribution >= 4 is 27.1 Å². The van der Waals surface area contributed by atoms with Crippen molar-refractivity contribution in [1.82, 2.24) is 0 Å². The van der Waals surface area contributed by atoms with Gasteiger partial charge < -0.3 is 4.74 Å². The van der Waals surface area contributed by atoms with Crippen molar-refractivity contribution in [1.29, 1.82) is 0 Å². The highest BCUT2D eigenvalue weighted by atomic mass is 16.5. The summed E-state index contributed by atoms with van der Waals surface area (Å²) in [7, 11) is 0. The number of hydrogen-bond donors (Lipinski definition) is 0. The van der Waals surface area contributed by atoms with Gasteiger partial charge in [0.1, 0.15) is 6.61 Å². The molecule has 96 valence electrons. The van der Waals surface area contributed by atoms with Crippen molar-refractivity contribution in [2.45, 2.75) is 0 Å². The van der Waals surface area contributed by atoms with Gasteiger partial charge in [0, 0.05) is 0 Å². The summed E-state index contributed by atoms with van der Waals surface area (Å²) >= 11 is 0. The first-order valence-corrected chi connectivity index (χ1v) is 6.81. The average Bonchev–Trinajstić information content (AvgIpc) is 2.53. The van der Waals surface area contributed by atoms with Gasteiger partial charge in [-0.2, -0.15) is 0 Å². The van der Waals surface area contributed by atoms with Crippen LogP contribution in [0.4, 0.5) is 0 Å². The molecule has 0 radical (unpaired) electrons. The molecule has 1 heteroatoms. The second-order valence-corrected chi connectivity index (χ2v) is 5.06. The Morgan fingerprint density at radius 3 is 2.40 bits per heavy atom. The van der Waals surface area contributed by atoms with Crippen LogP contribution in [0.1, 0.15) is 5.56 Å². The Bertz CT molecular complexity index is 856. The van der Waals surface area contributed by atoms with E-state index in [9.17, 15) is 0 Å². The minimum atomic E-state index is 0.641. The summed E-state index contributed by atoms with van der Waals surface area (Å²) in [6, 6.07) is 19.5. The summed E-state index contributed by atoms with van der Waals surface area (Å²) in [6.07, 6.45) is 5.83. The molecule has 4 rings (SSSR count). The van der Waals surface area contributed by atoms with Crippen molar-refractivity contribution < 1.29 is 4.74 Å². The van der Waals surface area contributed by atoms with Gasteiger partial charge in [0.2, 0.25) is 0 Å². The first kappa shape index (κ1) is 11.3. The van der Waals surface area contributed by atoms with Crippen LogP contribution in [0.3, 0.4) is 0 Å². The molecule has 1 aliphatic rings. The van der Waals surface area contributed by atoms with Crippen LogP contribution in [-0.4, -0.2) is 6.61 Å². The fourth-order valence-corrected chi connectivity index (χ4v) is 2.81. The molecule has 0 bridgehead atoms. The average molecular weight is 258 g/mol. The Morgan fingerprint density at radius 2 is 1.60 bits per heavy atom. The molecule has 0 fully saturated rings. The molecule has 0 N–H and O–H groups in total. The van der Waals surface area contributed by atoms with E-state index in [-0.39, 0.29) is 0 Å². The van der Waals surface area contributed by atoms with E-state index >= 15 is 0 Å². The van der Waals surface area contributed by atoms with Crippen molar-refractivity contribution in [3.63, 3.8) is 0 Å². The van der Waals surface area contributed by atoms with Crippen molar-refractivity contribution in [2.75, 3.05) is 6.61 Å². The van der Waals surface area contributed by atoms with Gasteiger partial charge in [-0.15, -0.1) is 0 Å². The van der Waals surface area contributed by atoms with Crippen LogP contribution in [0.5, 0.6) is 0 Å². The summed E-state index contributed by atoms with van der Waals surface area (Å²) in [5.41, 5.74) is 2.49. The number of rotatable bonds is 1. The largest absolute Gasteiger partial charge is 0.496 e. The number of fused-ring (bicyclic) bond motifs is 2. The smallest absolute Gasteiger partial charge is 0.113 e. The van der Waals surface area contributed by atoms with Crippen molar-refractivity contribution in [3.05, 3.63) is 78.6 Å². The molecule has 20 heavy (non-hydrogen) atoms. The zero-order valence-electron chi connectivity index (χ0n) is 11.0. The molecule has 0 saturated heterocycles. The van der Waals surface area contributed by atoms with Crippen LogP contribution >= 0.6 is 0 Å². The maximum absolute atomic E-state index is 5.42. The zero-order chi connectivity index (χ0) is 13.4. The molecule has 3 aromatic rings. The van der Waals surface area contributed by atoms with Gasteiger partial charge in [-0.1, -0.05) is 48.5 Å². The first-order chi connectivity index (χ1) is 9.92. The van der Waals surface area contributed by atoms with E-state index < -0.39 is 0 Å². The van der Waals surface area contributed by atoms with Gasteiger partial charge in [-0.25, -0.2) is 0 Å². The lowest BCUT2D eigenvalue weighted by molar-refractivity contribution is 0.293. The molecular formula is C19H14O. The van der Waals surface area contributed by atoms with Gasteiger partial charge >= 0.3 is 0 Å². The second-order valence-electron chi connectivity index (χ2n) is 5.06. The Kier molecular flexibility index (Phi) is 2.56. The zero-order valence-corrected chi connectivity index (χ0v) is 11.0. The molecule has 0 saturated carbocycles. The van der Waals surface area contributed by atoms with Gasteiger partial charge in [0.25, 0.3) is 0 Å². The molecule has 1 heterocycles. The van der Waals surface area contributed by atoms with E-state index in [0.29, 0.717) is 6.61 Å². The molecule has 0 aliphatic carbocycles. The minimum Gasteiger partial charge on any atom is -0.496 e. The predicted molar refractivity (Wildman–Crippen MR) is 84.5 cm³/mol. The fourth-order valence-electron chi connectivity index (χ4n) is 2.81. The van der Waals surface area contributed by atoms with Crippen LogP contribution < -0.4 is 0 Å². The lowest BCUT2D eigenvalue weighted by atomic mass is 9.95. The van der Waals surface area contributed by atoms with Gasteiger partial charge in [0.15, 0.2) is 0 Å². The highest BCUT2D eigenvalue weighted by molar-refractivity contribution is 6.03. The highest BCUT2D eigenvalue weighted by Crippen LogP contribution is 2.30. The molecular weight excluding hydrogens is 244 g/mol. The molecule has 0 unspecified atom stereocenters. The number of allylic oxidation sites excluding steroid dienone is 2.